The van der Waals surface area contributed by atoms with Crippen molar-refractivity contribution in [3.63, 3.8) is 0 Å². The Labute approximate surface area is 110 Å². The lowest BCUT2D eigenvalue weighted by Crippen LogP contribution is -2.20. The minimum Gasteiger partial charge on any atom is -0.478 e. The smallest absolute Gasteiger partial charge is 0.335 e. The number of aromatic carboxylic acids is 1. The molecule has 0 spiro atoms. The van der Waals surface area contributed by atoms with Crippen molar-refractivity contribution in [2.24, 2.45) is 0 Å². The maximum Gasteiger partial charge on any atom is 0.335 e. The molecule has 2 unspecified atom stereocenters. The molecule has 5 heteroatoms. The van der Waals surface area contributed by atoms with Crippen LogP contribution >= 0.6 is 0 Å². The quantitative estimate of drug-likeness (QED) is 0.738. The molecule has 0 saturated heterocycles. The summed E-state index contributed by atoms with van der Waals surface area (Å²) in [5, 5.41) is 12.2. The van der Waals surface area contributed by atoms with E-state index in [1.54, 1.807) is 30.5 Å². The van der Waals surface area contributed by atoms with Crippen molar-refractivity contribution < 1.29 is 14.1 Å². The Morgan fingerprint density at radius 3 is 2.50 bits per heavy atom. The molecule has 1 aromatic rings. The first kappa shape index (κ1) is 14.9. The molecular formula is C13H19NO3S. The van der Waals surface area contributed by atoms with Crippen molar-refractivity contribution in [2.75, 3.05) is 12.8 Å². The van der Waals surface area contributed by atoms with E-state index < -0.39 is 16.8 Å². The molecule has 0 heterocycles. The highest BCUT2D eigenvalue weighted by Gasteiger charge is 2.05. The number of carboxylic acids is 1. The molecule has 1 rings (SSSR count). The first-order valence-corrected chi connectivity index (χ1v) is 7.48. The van der Waals surface area contributed by atoms with Gasteiger partial charge in [-0.15, -0.1) is 0 Å². The summed E-state index contributed by atoms with van der Waals surface area (Å²) in [6.45, 7) is 3.48. The third kappa shape index (κ3) is 4.98. The summed E-state index contributed by atoms with van der Waals surface area (Å²) in [6.07, 6.45) is 2.59. The van der Waals surface area contributed by atoms with Gasteiger partial charge in [0.15, 0.2) is 0 Å². The lowest BCUT2D eigenvalue weighted by molar-refractivity contribution is 0.0697. The Kier molecular flexibility index (Phi) is 6.01. The van der Waals surface area contributed by atoms with Crippen molar-refractivity contribution in [1.82, 2.24) is 5.32 Å². The fourth-order valence-electron chi connectivity index (χ4n) is 1.47. The lowest BCUT2D eigenvalue weighted by atomic mass is 10.1. The second-order valence-electron chi connectivity index (χ2n) is 4.28. The van der Waals surface area contributed by atoms with E-state index >= 15 is 0 Å². The number of hydrogen-bond donors (Lipinski definition) is 2. The summed E-state index contributed by atoms with van der Waals surface area (Å²) in [7, 11) is -0.772. The Hall–Kier alpha value is -1.20. The third-order valence-corrected chi connectivity index (χ3v) is 4.19. The molecule has 0 aliphatic rings. The summed E-state index contributed by atoms with van der Waals surface area (Å²) < 4.78 is 11.1. The van der Waals surface area contributed by atoms with E-state index in [4.69, 9.17) is 5.11 Å². The molecule has 0 fully saturated rings. The van der Waals surface area contributed by atoms with E-state index in [-0.39, 0.29) is 5.25 Å². The summed E-state index contributed by atoms with van der Waals surface area (Å²) in [5.74, 6) is -0.909. The largest absolute Gasteiger partial charge is 0.478 e. The van der Waals surface area contributed by atoms with Crippen molar-refractivity contribution in [2.45, 2.75) is 25.1 Å². The van der Waals surface area contributed by atoms with Crippen LogP contribution < -0.4 is 5.32 Å². The van der Waals surface area contributed by atoms with Crippen molar-refractivity contribution in [3.8, 4) is 0 Å². The van der Waals surface area contributed by atoms with Gasteiger partial charge in [-0.2, -0.15) is 0 Å². The highest BCUT2D eigenvalue weighted by Crippen LogP contribution is 2.04. The van der Waals surface area contributed by atoms with Crippen LogP contribution in [0.5, 0.6) is 0 Å². The van der Waals surface area contributed by atoms with Gasteiger partial charge in [-0.05, 0) is 30.7 Å². The van der Waals surface area contributed by atoms with Crippen molar-refractivity contribution >= 4 is 16.8 Å². The van der Waals surface area contributed by atoms with Gasteiger partial charge in [0.1, 0.15) is 0 Å². The average molecular weight is 269 g/mol. The van der Waals surface area contributed by atoms with Crippen LogP contribution in [0.2, 0.25) is 0 Å². The lowest BCUT2D eigenvalue weighted by Gasteiger charge is -2.09. The van der Waals surface area contributed by atoms with Gasteiger partial charge in [0.05, 0.1) is 5.56 Å². The van der Waals surface area contributed by atoms with E-state index in [9.17, 15) is 9.00 Å². The maximum atomic E-state index is 11.1. The number of benzene rings is 1. The van der Waals surface area contributed by atoms with Gasteiger partial charge >= 0.3 is 5.97 Å². The molecule has 2 atom stereocenters. The van der Waals surface area contributed by atoms with Gasteiger partial charge < -0.3 is 10.4 Å². The second-order valence-corrected chi connectivity index (χ2v) is 6.08. The summed E-state index contributed by atoms with van der Waals surface area (Å²) in [5.41, 5.74) is 1.35. The fraction of sp³-hybridized carbons (Fsp3) is 0.462. The number of carbonyl (C=O) groups is 1. The Morgan fingerprint density at radius 1 is 1.39 bits per heavy atom. The van der Waals surface area contributed by atoms with Crippen LogP contribution in [0, 0.1) is 0 Å². The molecule has 1 aromatic carbocycles. The number of carboxylic acid groups (broad SMARTS) is 1. The van der Waals surface area contributed by atoms with E-state index in [0.717, 1.165) is 18.5 Å². The highest BCUT2D eigenvalue weighted by atomic mass is 32.2. The molecule has 2 N–H and O–H groups in total. The van der Waals surface area contributed by atoms with Crippen LogP contribution in [0.4, 0.5) is 0 Å². The summed E-state index contributed by atoms with van der Waals surface area (Å²) in [4.78, 5) is 10.7. The first-order chi connectivity index (χ1) is 8.50. The van der Waals surface area contributed by atoms with Gasteiger partial charge in [0, 0.05) is 28.9 Å². The van der Waals surface area contributed by atoms with E-state index in [1.807, 2.05) is 6.92 Å². The molecular weight excluding hydrogens is 250 g/mol. The number of rotatable bonds is 7. The summed E-state index contributed by atoms with van der Waals surface area (Å²) >= 11 is 0. The standard InChI is InChI=1S/C13H19NO3S/c1-10(18(2)17)7-8-14-9-11-3-5-12(6-4-11)13(15)16/h3-6,10,14H,7-9H2,1-2H3,(H,15,16). The maximum absolute atomic E-state index is 11.1. The van der Waals surface area contributed by atoms with Crippen LogP contribution in [-0.4, -0.2) is 33.3 Å². The highest BCUT2D eigenvalue weighted by molar-refractivity contribution is 7.84. The third-order valence-electron chi connectivity index (χ3n) is 2.82. The SMILES string of the molecule is CC(CCNCc1ccc(C(=O)O)cc1)S(C)=O. The Morgan fingerprint density at radius 2 is 2.00 bits per heavy atom. The van der Waals surface area contributed by atoms with E-state index in [2.05, 4.69) is 5.32 Å². The van der Waals surface area contributed by atoms with Gasteiger partial charge in [-0.3, -0.25) is 4.21 Å². The minimum absolute atomic E-state index is 0.201. The molecule has 100 valence electrons. The number of nitrogens with one attached hydrogen (secondary N) is 1. The van der Waals surface area contributed by atoms with Gasteiger partial charge in [0.2, 0.25) is 0 Å². The fourth-order valence-corrected chi connectivity index (χ4v) is 1.92. The van der Waals surface area contributed by atoms with Gasteiger partial charge in [0.25, 0.3) is 0 Å². The predicted molar refractivity (Wildman–Crippen MR) is 73.3 cm³/mol. The molecule has 18 heavy (non-hydrogen) atoms. The normalized spacial score (nSPS) is 14.1. The molecule has 0 bridgehead atoms. The van der Waals surface area contributed by atoms with Crippen LogP contribution in [0.15, 0.2) is 24.3 Å². The van der Waals surface area contributed by atoms with Gasteiger partial charge in [-0.1, -0.05) is 19.1 Å². The zero-order valence-electron chi connectivity index (χ0n) is 10.7. The summed E-state index contributed by atoms with van der Waals surface area (Å²) in [6, 6.07) is 6.81. The molecule has 0 saturated carbocycles. The van der Waals surface area contributed by atoms with Crippen LogP contribution in [-0.2, 0) is 17.3 Å². The molecule has 0 radical (unpaired) electrons. The monoisotopic (exact) mass is 269 g/mol. The van der Waals surface area contributed by atoms with Crippen LogP contribution in [0.3, 0.4) is 0 Å². The van der Waals surface area contributed by atoms with E-state index in [1.165, 1.54) is 0 Å². The van der Waals surface area contributed by atoms with Crippen LogP contribution in [0.1, 0.15) is 29.3 Å². The van der Waals surface area contributed by atoms with Crippen molar-refractivity contribution in [3.05, 3.63) is 35.4 Å². The Bertz CT molecular complexity index is 417. The molecule has 0 aliphatic heterocycles. The minimum atomic E-state index is -0.909. The Balaban J connectivity index is 2.31. The zero-order chi connectivity index (χ0) is 13.5. The van der Waals surface area contributed by atoms with Gasteiger partial charge in [-0.25, -0.2) is 4.79 Å². The first-order valence-electron chi connectivity index (χ1n) is 5.86. The van der Waals surface area contributed by atoms with Crippen LogP contribution in [0.25, 0.3) is 0 Å². The molecule has 0 aliphatic carbocycles. The predicted octanol–water partition coefficient (Wildman–Crippen LogP) is 1.63. The molecule has 0 aromatic heterocycles. The molecule has 0 amide bonds. The zero-order valence-corrected chi connectivity index (χ0v) is 11.5. The number of hydrogen-bond acceptors (Lipinski definition) is 3. The topological polar surface area (TPSA) is 66.4 Å². The molecule has 4 nitrogen and oxygen atoms in total. The second kappa shape index (κ2) is 7.28. The average Bonchev–Trinajstić information content (AvgIpc) is 2.34. The van der Waals surface area contributed by atoms with Crippen molar-refractivity contribution in [1.29, 1.82) is 0 Å². The van der Waals surface area contributed by atoms with E-state index in [0.29, 0.717) is 12.1 Å².